The first kappa shape index (κ1) is 24.4. The second-order valence-electron chi connectivity index (χ2n) is 11.0. The molecule has 0 nitrogen and oxygen atoms in total. The van der Waals surface area contributed by atoms with Gasteiger partial charge in [0.25, 0.3) is 0 Å². The predicted molar refractivity (Wildman–Crippen MR) is 197 cm³/mol. The zero-order chi connectivity index (χ0) is 27.7. The van der Waals surface area contributed by atoms with Crippen molar-refractivity contribution in [2.45, 2.75) is 13.8 Å². The number of hydrogen-bond acceptors (Lipinski definition) is 6. The summed E-state index contributed by atoms with van der Waals surface area (Å²) in [6, 6.07) is 32.8. The fraction of sp³-hybridized carbons (Fsp3) is 0.0556. The van der Waals surface area contributed by atoms with Crippen molar-refractivity contribution >= 4 is 138 Å². The zero-order valence-corrected chi connectivity index (χ0v) is 27.4. The molecule has 0 saturated heterocycles. The van der Waals surface area contributed by atoms with Gasteiger partial charge in [0, 0.05) is 59.9 Å². The van der Waals surface area contributed by atoms with E-state index in [2.05, 4.69) is 98.8 Å². The maximum absolute atomic E-state index is 2.45. The minimum atomic E-state index is 1.33. The van der Waals surface area contributed by atoms with Crippen LogP contribution >= 0.6 is 68.0 Å². The van der Waals surface area contributed by atoms with Crippen LogP contribution in [0.15, 0.2) is 84.9 Å². The SMILES string of the molecule is Cc1ccc(-c2ccc3sc4c5cc6cc7sc8c9cc(-c%10ccc(C)s%10)ccc9sc8c7cc6cc5sc4c3c2)s1. The van der Waals surface area contributed by atoms with Gasteiger partial charge >= 0.3 is 0 Å². The molecule has 0 saturated carbocycles. The van der Waals surface area contributed by atoms with E-state index < -0.39 is 0 Å². The minimum absolute atomic E-state index is 1.33. The van der Waals surface area contributed by atoms with Gasteiger partial charge in [0.15, 0.2) is 0 Å². The summed E-state index contributed by atoms with van der Waals surface area (Å²) in [5.41, 5.74) is 2.65. The van der Waals surface area contributed by atoms with Gasteiger partial charge in [0.1, 0.15) is 0 Å². The van der Waals surface area contributed by atoms with Crippen LogP contribution < -0.4 is 0 Å². The fourth-order valence-corrected chi connectivity index (χ4v) is 13.3. The van der Waals surface area contributed by atoms with Gasteiger partial charge in [0.05, 0.1) is 18.8 Å². The van der Waals surface area contributed by atoms with Gasteiger partial charge in [-0.15, -0.1) is 68.0 Å². The fourth-order valence-electron chi connectivity index (χ4n) is 6.24. The summed E-state index contributed by atoms with van der Waals surface area (Å²) >= 11 is 11.6. The van der Waals surface area contributed by atoms with E-state index in [0.717, 1.165) is 0 Å². The smallest absolute Gasteiger partial charge is 0.0542 e. The van der Waals surface area contributed by atoms with Crippen LogP contribution in [0.2, 0.25) is 0 Å². The average molecular weight is 645 g/mol. The molecule has 0 bridgehead atoms. The van der Waals surface area contributed by atoms with E-state index >= 15 is 0 Å². The summed E-state index contributed by atoms with van der Waals surface area (Å²) < 4.78 is 11.3. The Morgan fingerprint density at radius 2 is 0.762 bits per heavy atom. The van der Waals surface area contributed by atoms with Crippen LogP contribution in [0, 0.1) is 13.8 Å². The summed E-state index contributed by atoms with van der Waals surface area (Å²) in [7, 11) is 0. The molecular formula is C36H20S6. The molecule has 0 unspecified atom stereocenters. The van der Waals surface area contributed by atoms with Crippen LogP contribution in [0.3, 0.4) is 0 Å². The summed E-state index contributed by atoms with van der Waals surface area (Å²) in [4.78, 5) is 5.43. The summed E-state index contributed by atoms with van der Waals surface area (Å²) in [6.07, 6.45) is 0. The molecule has 0 aliphatic rings. The van der Waals surface area contributed by atoms with Crippen molar-refractivity contribution in [2.24, 2.45) is 0 Å². The van der Waals surface area contributed by atoms with Gasteiger partial charge in [0.2, 0.25) is 0 Å². The zero-order valence-electron chi connectivity index (χ0n) is 22.5. The van der Waals surface area contributed by atoms with E-state index in [1.54, 1.807) is 0 Å². The Kier molecular flexibility index (Phi) is 5.06. The normalized spacial score (nSPS) is 12.5. The highest BCUT2D eigenvalue weighted by atomic mass is 32.1. The highest BCUT2D eigenvalue weighted by Gasteiger charge is 2.17. The Bertz CT molecular complexity index is 2520. The van der Waals surface area contributed by atoms with Crippen molar-refractivity contribution in [3.8, 4) is 20.9 Å². The quantitative estimate of drug-likeness (QED) is 0.176. The monoisotopic (exact) mass is 644 g/mol. The number of hydrogen-bond donors (Lipinski definition) is 0. The highest BCUT2D eigenvalue weighted by Crippen LogP contribution is 2.49. The van der Waals surface area contributed by atoms with Crippen molar-refractivity contribution in [2.75, 3.05) is 0 Å². The standard InChI is InChI=1S/C36H20S6/c1-17-3-7-27(37-17)19-5-9-29-23(11-19)33-35(39-29)25-13-21-16-32-26(14-22(21)15-31(25)41-33)36-34(42-32)24-12-20(6-10-30(24)40-36)28-8-4-18(2)38-28/h3-16H,1-2H3. The minimum Gasteiger partial charge on any atom is -0.141 e. The van der Waals surface area contributed by atoms with E-state index in [1.165, 1.54) is 101 Å². The van der Waals surface area contributed by atoms with Crippen molar-refractivity contribution in [1.82, 2.24) is 0 Å². The van der Waals surface area contributed by atoms with Gasteiger partial charge in [-0.3, -0.25) is 0 Å². The van der Waals surface area contributed by atoms with Gasteiger partial charge in [-0.05, 0) is 109 Å². The van der Waals surface area contributed by atoms with Crippen LogP contribution in [0.4, 0.5) is 0 Å². The summed E-state index contributed by atoms with van der Waals surface area (Å²) in [6.45, 7) is 4.37. The molecule has 0 N–H and O–H groups in total. The Balaban J connectivity index is 1.16. The largest absolute Gasteiger partial charge is 0.141 e. The molecule has 0 aliphatic carbocycles. The van der Waals surface area contributed by atoms with E-state index in [4.69, 9.17) is 0 Å². The lowest BCUT2D eigenvalue weighted by Gasteiger charge is -2.01. The van der Waals surface area contributed by atoms with Crippen LogP contribution in [0.25, 0.3) is 90.8 Å². The van der Waals surface area contributed by atoms with Crippen molar-refractivity contribution in [3.05, 3.63) is 94.7 Å². The molecule has 6 heteroatoms. The molecule has 6 heterocycles. The molecular weight excluding hydrogens is 625 g/mol. The molecule has 42 heavy (non-hydrogen) atoms. The third-order valence-corrected chi connectivity index (χ3v) is 15.4. The molecule has 0 spiro atoms. The van der Waals surface area contributed by atoms with Crippen molar-refractivity contribution in [1.29, 1.82) is 0 Å². The number of fused-ring (bicyclic) bond motifs is 11. The van der Waals surface area contributed by atoms with Crippen LogP contribution in [-0.4, -0.2) is 0 Å². The Hall–Kier alpha value is -3.10. The van der Waals surface area contributed by atoms with Gasteiger partial charge in [-0.2, -0.15) is 0 Å². The third kappa shape index (κ3) is 3.48. The van der Waals surface area contributed by atoms with E-state index in [0.29, 0.717) is 0 Å². The molecule has 0 aliphatic heterocycles. The summed E-state index contributed by atoms with van der Waals surface area (Å²) in [5, 5.41) is 8.28. The van der Waals surface area contributed by atoms with E-state index in [-0.39, 0.29) is 0 Å². The first-order valence-corrected chi connectivity index (χ1v) is 18.7. The second-order valence-corrected chi connectivity index (χ2v) is 17.8. The lowest BCUT2D eigenvalue weighted by Crippen LogP contribution is -1.73. The molecule has 200 valence electrons. The number of benzene rings is 4. The molecule has 10 aromatic rings. The van der Waals surface area contributed by atoms with Crippen LogP contribution in [0.1, 0.15) is 9.75 Å². The first-order valence-electron chi connectivity index (χ1n) is 13.8. The highest BCUT2D eigenvalue weighted by molar-refractivity contribution is 7.37. The molecule has 4 aromatic carbocycles. The topological polar surface area (TPSA) is 0 Å². The lowest BCUT2D eigenvalue weighted by molar-refractivity contribution is 1.64. The maximum atomic E-state index is 2.45. The van der Waals surface area contributed by atoms with Gasteiger partial charge in [-0.25, -0.2) is 0 Å². The lowest BCUT2D eigenvalue weighted by atomic mass is 10.1. The number of aryl methyl sites for hydroxylation is 2. The molecule has 0 amide bonds. The first-order chi connectivity index (χ1) is 20.6. The Morgan fingerprint density at radius 1 is 0.357 bits per heavy atom. The predicted octanol–water partition coefficient (Wildman–Crippen LogP) is 14.1. The Labute approximate surface area is 265 Å². The van der Waals surface area contributed by atoms with Gasteiger partial charge < -0.3 is 0 Å². The Morgan fingerprint density at radius 3 is 1.17 bits per heavy atom. The average Bonchev–Trinajstić information content (AvgIpc) is 3.83. The third-order valence-electron chi connectivity index (χ3n) is 8.29. The summed E-state index contributed by atoms with van der Waals surface area (Å²) in [5.74, 6) is 0. The molecule has 0 atom stereocenters. The molecule has 0 radical (unpaired) electrons. The van der Waals surface area contributed by atoms with Gasteiger partial charge in [-0.1, -0.05) is 12.1 Å². The van der Waals surface area contributed by atoms with Crippen LogP contribution in [-0.2, 0) is 0 Å². The van der Waals surface area contributed by atoms with Crippen LogP contribution in [0.5, 0.6) is 0 Å². The maximum Gasteiger partial charge on any atom is 0.0542 e. The van der Waals surface area contributed by atoms with E-state index in [9.17, 15) is 0 Å². The molecule has 10 rings (SSSR count). The number of rotatable bonds is 2. The van der Waals surface area contributed by atoms with E-state index in [1.807, 2.05) is 68.0 Å². The van der Waals surface area contributed by atoms with Crippen molar-refractivity contribution < 1.29 is 0 Å². The van der Waals surface area contributed by atoms with Crippen molar-refractivity contribution in [3.63, 3.8) is 0 Å². The molecule has 6 aromatic heterocycles. The second kappa shape index (κ2) is 8.73. The molecule has 0 fully saturated rings. The number of thiophene rings is 6.